The maximum absolute atomic E-state index is 6.77. The van der Waals surface area contributed by atoms with Crippen molar-refractivity contribution >= 4 is 67.0 Å². The number of nitrogens with zero attached hydrogens (tertiary/aromatic N) is 3. The first kappa shape index (κ1) is 24.9. The Bertz CT molecular complexity index is 2100. The van der Waals surface area contributed by atoms with E-state index in [2.05, 4.69) is 154 Å². The summed E-state index contributed by atoms with van der Waals surface area (Å²) in [6.45, 7) is 0. The van der Waals surface area contributed by atoms with Crippen molar-refractivity contribution in [2.45, 2.75) is 0 Å². The summed E-state index contributed by atoms with van der Waals surface area (Å²) < 4.78 is 6.77. The molecule has 2 heterocycles. The maximum atomic E-state index is 6.77. The van der Waals surface area contributed by atoms with Gasteiger partial charge in [0.25, 0.3) is 0 Å². The summed E-state index contributed by atoms with van der Waals surface area (Å²) in [5.41, 5.74) is 8.82. The molecule has 6 aromatic carbocycles. The maximum Gasteiger partial charge on any atom is 0.159 e. The minimum atomic E-state index is 0.822. The molecule has 0 fully saturated rings. The number of furan rings is 1. The van der Waals surface area contributed by atoms with Crippen LogP contribution in [0.5, 0.6) is 0 Å². The Morgan fingerprint density at radius 2 is 0.977 bits per heavy atom. The lowest BCUT2D eigenvalue weighted by Crippen LogP contribution is -2.13. The number of anilines is 6. The summed E-state index contributed by atoms with van der Waals surface area (Å²) in [5, 5.41) is 3.12. The number of benzene rings is 6. The molecule has 0 aliphatic rings. The average Bonchev–Trinajstić information content (AvgIpc) is 3.43. The molecule has 0 atom stereocenters. The monoisotopic (exact) mass is 553 g/mol. The van der Waals surface area contributed by atoms with E-state index in [1.807, 2.05) is 24.4 Å². The fraction of sp³-hybridized carbons (Fsp3) is 0. The summed E-state index contributed by atoms with van der Waals surface area (Å²) in [7, 11) is 0. The Kier molecular flexibility index (Phi) is 6.08. The van der Waals surface area contributed by atoms with E-state index in [0.717, 1.165) is 67.0 Å². The van der Waals surface area contributed by atoms with E-state index < -0.39 is 0 Å². The van der Waals surface area contributed by atoms with Gasteiger partial charge < -0.3 is 14.2 Å². The number of hydrogen-bond acceptors (Lipinski definition) is 4. The van der Waals surface area contributed by atoms with Crippen LogP contribution >= 0.6 is 0 Å². The van der Waals surface area contributed by atoms with Crippen molar-refractivity contribution in [1.82, 2.24) is 4.98 Å². The molecule has 0 amide bonds. The highest BCUT2D eigenvalue weighted by Crippen LogP contribution is 2.47. The van der Waals surface area contributed by atoms with Crippen LogP contribution in [0.2, 0.25) is 0 Å². The number of rotatable bonds is 6. The molecule has 0 aliphatic heterocycles. The molecule has 0 spiro atoms. The van der Waals surface area contributed by atoms with Gasteiger partial charge in [-0.2, -0.15) is 0 Å². The standard InChI is InChI=1S/C39H27N3O/c1-5-15-29(16-6-1)41(30-17-7-2-8-18-30)33-25-35-34-27-36-28(14-13-23-40-36)24-38(34)43-39(35)37(26-33)42(31-19-9-3-10-20-31)32-21-11-4-12-22-32/h1-27H. The van der Waals surface area contributed by atoms with Gasteiger partial charge in [0.1, 0.15) is 5.58 Å². The molecule has 2 aromatic heterocycles. The van der Waals surface area contributed by atoms with Gasteiger partial charge in [-0.25, -0.2) is 0 Å². The molecule has 0 unspecified atom stereocenters. The van der Waals surface area contributed by atoms with Crippen LogP contribution in [0.4, 0.5) is 34.1 Å². The van der Waals surface area contributed by atoms with Crippen LogP contribution in [0.15, 0.2) is 168 Å². The van der Waals surface area contributed by atoms with Gasteiger partial charge in [-0.05, 0) is 78.9 Å². The lowest BCUT2D eigenvalue weighted by atomic mass is 10.1. The normalized spacial score (nSPS) is 11.3. The summed E-state index contributed by atoms with van der Waals surface area (Å²) in [4.78, 5) is 9.24. The molecular formula is C39H27N3O. The van der Waals surface area contributed by atoms with Crippen molar-refractivity contribution in [1.29, 1.82) is 0 Å². The summed E-state index contributed by atoms with van der Waals surface area (Å²) in [6, 6.07) is 54.7. The first-order valence-electron chi connectivity index (χ1n) is 14.4. The third-order valence-corrected chi connectivity index (χ3v) is 7.82. The van der Waals surface area contributed by atoms with E-state index in [0.29, 0.717) is 0 Å². The molecule has 0 bridgehead atoms. The van der Waals surface area contributed by atoms with Gasteiger partial charge in [0.2, 0.25) is 0 Å². The first-order valence-corrected chi connectivity index (χ1v) is 14.4. The Balaban J connectivity index is 1.49. The fourth-order valence-electron chi connectivity index (χ4n) is 5.89. The van der Waals surface area contributed by atoms with Crippen LogP contribution < -0.4 is 9.80 Å². The van der Waals surface area contributed by atoms with Gasteiger partial charge in [-0.15, -0.1) is 0 Å². The van der Waals surface area contributed by atoms with Gasteiger partial charge >= 0.3 is 0 Å². The van der Waals surface area contributed by atoms with E-state index in [1.54, 1.807) is 0 Å². The molecule has 4 nitrogen and oxygen atoms in total. The SMILES string of the molecule is c1ccc(N(c2ccccc2)c2cc(N(c3ccccc3)c3ccccc3)c3oc4cc5cccnc5cc4c3c2)cc1. The Morgan fingerprint density at radius 3 is 1.53 bits per heavy atom. The van der Waals surface area contributed by atoms with Crippen LogP contribution in [0.1, 0.15) is 0 Å². The molecule has 204 valence electrons. The second kappa shape index (κ2) is 10.5. The minimum Gasteiger partial charge on any atom is -0.454 e. The molecule has 0 aliphatic carbocycles. The number of pyridine rings is 1. The average molecular weight is 554 g/mol. The van der Waals surface area contributed by atoms with E-state index in [1.165, 1.54) is 0 Å². The Morgan fingerprint density at radius 1 is 0.442 bits per heavy atom. The zero-order chi connectivity index (χ0) is 28.6. The molecule has 8 aromatic rings. The van der Waals surface area contributed by atoms with Crippen molar-refractivity contribution in [3.8, 4) is 0 Å². The van der Waals surface area contributed by atoms with E-state index in [-0.39, 0.29) is 0 Å². The summed E-state index contributed by atoms with van der Waals surface area (Å²) >= 11 is 0. The lowest BCUT2D eigenvalue weighted by molar-refractivity contribution is 0.669. The van der Waals surface area contributed by atoms with E-state index >= 15 is 0 Å². The first-order chi connectivity index (χ1) is 21.3. The second-order valence-electron chi connectivity index (χ2n) is 10.5. The van der Waals surface area contributed by atoms with Gasteiger partial charge in [-0.3, -0.25) is 4.98 Å². The molecule has 0 saturated carbocycles. The highest BCUT2D eigenvalue weighted by molar-refractivity contribution is 6.15. The van der Waals surface area contributed by atoms with Gasteiger partial charge in [-0.1, -0.05) is 78.9 Å². The third kappa shape index (κ3) is 4.46. The van der Waals surface area contributed by atoms with Crippen LogP contribution in [-0.2, 0) is 0 Å². The molecule has 43 heavy (non-hydrogen) atoms. The quantitative estimate of drug-likeness (QED) is 0.205. The van der Waals surface area contributed by atoms with Crippen LogP contribution in [0, 0.1) is 0 Å². The predicted octanol–water partition coefficient (Wildman–Crippen LogP) is 11.1. The number of aromatic nitrogens is 1. The van der Waals surface area contributed by atoms with Crippen molar-refractivity contribution in [3.05, 3.63) is 164 Å². The van der Waals surface area contributed by atoms with Crippen LogP contribution in [0.25, 0.3) is 32.8 Å². The molecular weight excluding hydrogens is 526 g/mol. The largest absolute Gasteiger partial charge is 0.454 e. The Labute approximate surface area is 249 Å². The smallest absolute Gasteiger partial charge is 0.159 e. The highest BCUT2D eigenvalue weighted by Gasteiger charge is 2.23. The van der Waals surface area contributed by atoms with Crippen molar-refractivity contribution in [2.24, 2.45) is 0 Å². The zero-order valence-electron chi connectivity index (χ0n) is 23.3. The van der Waals surface area contributed by atoms with Crippen molar-refractivity contribution < 1.29 is 4.42 Å². The van der Waals surface area contributed by atoms with E-state index in [4.69, 9.17) is 4.42 Å². The summed E-state index contributed by atoms with van der Waals surface area (Å²) in [6.07, 6.45) is 1.84. The highest BCUT2D eigenvalue weighted by atomic mass is 16.3. The topological polar surface area (TPSA) is 32.5 Å². The molecule has 4 heteroatoms. The van der Waals surface area contributed by atoms with Crippen molar-refractivity contribution in [3.63, 3.8) is 0 Å². The van der Waals surface area contributed by atoms with E-state index in [9.17, 15) is 0 Å². The molecule has 0 saturated heterocycles. The predicted molar refractivity (Wildman–Crippen MR) is 178 cm³/mol. The number of para-hydroxylation sites is 4. The fourth-order valence-corrected chi connectivity index (χ4v) is 5.89. The molecule has 0 N–H and O–H groups in total. The van der Waals surface area contributed by atoms with Gasteiger partial charge in [0.15, 0.2) is 5.58 Å². The van der Waals surface area contributed by atoms with Gasteiger partial charge in [0.05, 0.1) is 11.2 Å². The molecule has 0 radical (unpaired) electrons. The molecule has 8 rings (SSSR count). The third-order valence-electron chi connectivity index (χ3n) is 7.82. The van der Waals surface area contributed by atoms with Crippen LogP contribution in [0.3, 0.4) is 0 Å². The summed E-state index contributed by atoms with van der Waals surface area (Å²) in [5.74, 6) is 0. The number of fused-ring (bicyclic) bond motifs is 4. The van der Waals surface area contributed by atoms with Crippen molar-refractivity contribution in [2.75, 3.05) is 9.80 Å². The zero-order valence-corrected chi connectivity index (χ0v) is 23.3. The Hall–Kier alpha value is -5.87. The number of hydrogen-bond donors (Lipinski definition) is 0. The second-order valence-corrected chi connectivity index (χ2v) is 10.5. The lowest BCUT2D eigenvalue weighted by Gasteiger charge is -2.29. The van der Waals surface area contributed by atoms with Crippen LogP contribution in [-0.4, -0.2) is 4.98 Å². The minimum absolute atomic E-state index is 0.822. The van der Waals surface area contributed by atoms with Gasteiger partial charge in [0, 0.05) is 50.8 Å².